The molecule has 3 aromatic heterocycles. The molecule has 0 atom stereocenters. The molecule has 3 N–H and O–H groups in total. The van der Waals surface area contributed by atoms with Gasteiger partial charge >= 0.3 is 0 Å². The average Bonchev–Trinajstić information content (AvgIpc) is 3.40. The number of aryl methyl sites for hydroxylation is 1. The quantitative estimate of drug-likeness (QED) is 0.477. The molecule has 31 heavy (non-hydrogen) atoms. The number of hydrogen-bond acceptors (Lipinski definition) is 5. The van der Waals surface area contributed by atoms with Crippen LogP contribution in [0.2, 0.25) is 0 Å². The maximum atomic E-state index is 14.0. The highest BCUT2D eigenvalue weighted by Crippen LogP contribution is 2.38. The molecule has 0 aliphatic heterocycles. The van der Waals surface area contributed by atoms with Gasteiger partial charge in [0.05, 0.1) is 29.8 Å². The van der Waals surface area contributed by atoms with Gasteiger partial charge in [-0.15, -0.1) is 0 Å². The molecule has 10 heteroatoms. The first-order chi connectivity index (χ1) is 14.8. The van der Waals surface area contributed by atoms with Crippen molar-refractivity contribution < 1.29 is 17.9 Å². The number of hydrogen-bond donors (Lipinski definition) is 3. The summed E-state index contributed by atoms with van der Waals surface area (Å²) in [5, 5.41) is 5.19. The van der Waals surface area contributed by atoms with E-state index in [1.165, 1.54) is 10.8 Å². The first kappa shape index (κ1) is 21.0. The van der Waals surface area contributed by atoms with Crippen LogP contribution >= 0.6 is 0 Å². The molecule has 0 spiro atoms. The van der Waals surface area contributed by atoms with Crippen LogP contribution in [0.25, 0.3) is 11.0 Å². The minimum Gasteiger partial charge on any atom is -0.360 e. The predicted octanol–water partition coefficient (Wildman–Crippen LogP) is 3.33. The molecular formula is C21H30F2N6O2. The highest BCUT2D eigenvalue weighted by molar-refractivity contribution is 5.76. The fraction of sp³-hybridized carbons (Fsp3) is 0.429. The van der Waals surface area contributed by atoms with Crippen molar-refractivity contribution in [3.8, 4) is 0 Å². The van der Waals surface area contributed by atoms with Crippen molar-refractivity contribution in [2.24, 2.45) is 5.92 Å². The van der Waals surface area contributed by atoms with E-state index in [-0.39, 0.29) is 35.5 Å². The number of rotatable bonds is 9. The van der Waals surface area contributed by atoms with Crippen molar-refractivity contribution in [1.82, 2.24) is 24.8 Å². The Kier molecular flexibility index (Phi) is 5.71. The number of aromatic amines is 1. The molecule has 3 heterocycles. The summed E-state index contributed by atoms with van der Waals surface area (Å²) in [5.74, 6) is -3.42. The van der Waals surface area contributed by atoms with Gasteiger partial charge in [-0.3, -0.25) is 14.2 Å². The zero-order chi connectivity index (χ0) is 22.0. The number of nitrogens with zero attached hydrogens (tertiary/aromatic N) is 3. The summed E-state index contributed by atoms with van der Waals surface area (Å²) in [4.78, 5) is 36.5. The van der Waals surface area contributed by atoms with Crippen LogP contribution < -0.4 is 16.2 Å². The highest BCUT2D eigenvalue weighted by Gasteiger charge is 2.37. The molecule has 3 aromatic rings. The van der Waals surface area contributed by atoms with E-state index in [4.69, 9.17) is 0 Å². The molecule has 0 unspecified atom stereocenters. The maximum absolute atomic E-state index is 14.0. The second-order valence-electron chi connectivity index (χ2n) is 7.99. The number of halogens is 2. The molecule has 1 aliphatic carbocycles. The van der Waals surface area contributed by atoms with Gasteiger partial charge in [0.2, 0.25) is 5.91 Å². The monoisotopic (exact) mass is 436 g/mol. The van der Waals surface area contributed by atoms with Crippen LogP contribution in [0.5, 0.6) is 0 Å². The SMILES string of the molecule is Cc1cnc(NCC(F)(F)CC2CC2)c(=O)n1CC(=O)NCc1ccc2[nH]ccc2n1.[HH].[HH].[HH]. The standard InChI is InChI=1S/C21H24F2N6O2.3H2/c1-13-9-26-19(27-12-21(22,23)8-14-2-3-14)20(31)29(13)11-18(30)25-10-15-4-5-16-17(28-15)6-7-24-16;;;/h4-7,9,14,24H,2-3,8,10-12H2,1H3,(H,25,30)(H,26,27);3*1H. The Hall–Kier alpha value is -3.30. The van der Waals surface area contributed by atoms with E-state index in [1.54, 1.807) is 19.2 Å². The first-order valence-electron chi connectivity index (χ1n) is 10.2. The van der Waals surface area contributed by atoms with Gasteiger partial charge in [0.1, 0.15) is 6.54 Å². The van der Waals surface area contributed by atoms with E-state index in [1.807, 2.05) is 12.1 Å². The van der Waals surface area contributed by atoms with Gasteiger partial charge in [-0.1, -0.05) is 0 Å². The van der Waals surface area contributed by atoms with Crippen LogP contribution in [-0.2, 0) is 17.9 Å². The van der Waals surface area contributed by atoms with E-state index in [0.717, 1.165) is 23.9 Å². The minimum absolute atomic E-state index is 0. The zero-order valence-corrected chi connectivity index (χ0v) is 17.1. The van der Waals surface area contributed by atoms with E-state index < -0.39 is 23.9 Å². The molecule has 0 bridgehead atoms. The molecule has 0 saturated heterocycles. The lowest BCUT2D eigenvalue weighted by atomic mass is 10.1. The lowest BCUT2D eigenvalue weighted by Crippen LogP contribution is -2.36. The third-order valence-electron chi connectivity index (χ3n) is 5.28. The third kappa shape index (κ3) is 5.25. The van der Waals surface area contributed by atoms with Crippen molar-refractivity contribution in [1.29, 1.82) is 0 Å². The summed E-state index contributed by atoms with van der Waals surface area (Å²) in [5.41, 5.74) is 2.23. The Balaban J connectivity index is 0.00000193. The number of H-pyrrole nitrogens is 1. The van der Waals surface area contributed by atoms with Gasteiger partial charge in [0, 0.05) is 28.8 Å². The largest absolute Gasteiger partial charge is 0.360 e. The number of fused-ring (bicyclic) bond motifs is 1. The lowest BCUT2D eigenvalue weighted by molar-refractivity contribution is -0.121. The van der Waals surface area contributed by atoms with E-state index >= 15 is 0 Å². The van der Waals surface area contributed by atoms with Crippen LogP contribution in [0.3, 0.4) is 0 Å². The number of carbonyl (C=O) groups is 1. The Morgan fingerprint density at radius 3 is 2.94 bits per heavy atom. The van der Waals surface area contributed by atoms with Crippen molar-refractivity contribution in [3.63, 3.8) is 0 Å². The van der Waals surface area contributed by atoms with Crippen LogP contribution in [0, 0.1) is 12.8 Å². The Morgan fingerprint density at radius 1 is 1.35 bits per heavy atom. The number of carbonyl (C=O) groups excluding carboxylic acids is 1. The molecule has 1 fully saturated rings. The van der Waals surface area contributed by atoms with Crippen molar-refractivity contribution in [2.45, 2.75) is 45.2 Å². The third-order valence-corrected chi connectivity index (χ3v) is 5.28. The highest BCUT2D eigenvalue weighted by atomic mass is 19.3. The Labute approximate surface area is 181 Å². The van der Waals surface area contributed by atoms with Gasteiger partial charge in [-0.2, -0.15) is 0 Å². The average molecular weight is 437 g/mol. The fourth-order valence-electron chi connectivity index (χ4n) is 3.38. The van der Waals surface area contributed by atoms with E-state index in [2.05, 4.69) is 25.6 Å². The van der Waals surface area contributed by atoms with Gasteiger partial charge in [-0.05, 0) is 43.9 Å². The van der Waals surface area contributed by atoms with Crippen molar-refractivity contribution >= 4 is 22.8 Å². The fourth-order valence-corrected chi connectivity index (χ4v) is 3.38. The van der Waals surface area contributed by atoms with Crippen LogP contribution in [-0.4, -0.2) is 37.9 Å². The zero-order valence-electron chi connectivity index (χ0n) is 17.1. The van der Waals surface area contributed by atoms with Crippen molar-refractivity contribution in [2.75, 3.05) is 11.9 Å². The molecule has 8 nitrogen and oxygen atoms in total. The topological polar surface area (TPSA) is 105 Å². The number of pyridine rings is 1. The summed E-state index contributed by atoms with van der Waals surface area (Å²) in [6.45, 7) is 0.937. The summed E-state index contributed by atoms with van der Waals surface area (Å²) < 4.78 is 29.2. The molecule has 0 aromatic carbocycles. The lowest BCUT2D eigenvalue weighted by Gasteiger charge is -2.17. The first-order valence-corrected chi connectivity index (χ1v) is 10.2. The van der Waals surface area contributed by atoms with Gasteiger partial charge in [0.15, 0.2) is 5.82 Å². The maximum Gasteiger partial charge on any atom is 0.293 e. The Morgan fingerprint density at radius 2 is 2.16 bits per heavy atom. The number of alkyl halides is 2. The molecule has 1 aliphatic rings. The smallest absolute Gasteiger partial charge is 0.293 e. The van der Waals surface area contributed by atoms with E-state index in [9.17, 15) is 18.4 Å². The Bertz CT molecular complexity index is 1170. The molecule has 170 valence electrons. The van der Waals surface area contributed by atoms with Gasteiger partial charge < -0.3 is 15.6 Å². The van der Waals surface area contributed by atoms with Crippen LogP contribution in [0.15, 0.2) is 35.4 Å². The molecule has 0 radical (unpaired) electrons. The van der Waals surface area contributed by atoms with Gasteiger partial charge in [-0.25, -0.2) is 18.7 Å². The molecule has 1 amide bonds. The van der Waals surface area contributed by atoms with E-state index in [0.29, 0.717) is 11.4 Å². The number of aromatic nitrogens is 4. The second kappa shape index (κ2) is 8.44. The normalized spacial score (nSPS) is 14.0. The van der Waals surface area contributed by atoms with Crippen molar-refractivity contribution in [3.05, 3.63) is 52.3 Å². The summed E-state index contributed by atoms with van der Waals surface area (Å²) in [7, 11) is 0. The number of amides is 1. The number of nitrogens with one attached hydrogen (secondary N) is 3. The predicted molar refractivity (Wildman–Crippen MR) is 118 cm³/mol. The second-order valence-corrected chi connectivity index (χ2v) is 7.99. The molecular weight excluding hydrogens is 406 g/mol. The minimum atomic E-state index is -2.91. The summed E-state index contributed by atoms with van der Waals surface area (Å²) in [6, 6.07) is 5.51. The number of anilines is 1. The van der Waals surface area contributed by atoms with Crippen LogP contribution in [0.4, 0.5) is 14.6 Å². The van der Waals surface area contributed by atoms with Gasteiger partial charge in [0.25, 0.3) is 11.5 Å². The summed E-state index contributed by atoms with van der Waals surface area (Å²) in [6.07, 6.45) is 4.64. The molecule has 4 rings (SSSR count). The summed E-state index contributed by atoms with van der Waals surface area (Å²) >= 11 is 0. The van der Waals surface area contributed by atoms with Crippen LogP contribution in [0.1, 0.15) is 34.9 Å². The molecule has 1 saturated carbocycles.